The van der Waals surface area contributed by atoms with Crippen molar-refractivity contribution in [3.63, 3.8) is 0 Å². The van der Waals surface area contributed by atoms with Gasteiger partial charge in [-0.3, -0.25) is 0 Å². The van der Waals surface area contributed by atoms with Crippen LogP contribution in [0.15, 0.2) is 36.4 Å². The first-order valence-electron chi connectivity index (χ1n) is 13.7. The van der Waals surface area contributed by atoms with E-state index in [0.717, 1.165) is 60.5 Å². The molecule has 0 amide bonds. The summed E-state index contributed by atoms with van der Waals surface area (Å²) in [5.74, 6) is 3.21. The third-order valence-electron chi connectivity index (χ3n) is 8.64. The highest BCUT2D eigenvalue weighted by Crippen LogP contribution is 2.46. The van der Waals surface area contributed by atoms with Crippen LogP contribution in [-0.2, 0) is 11.8 Å². The number of hydrogen-bond acceptors (Lipinski definition) is 7. The summed E-state index contributed by atoms with van der Waals surface area (Å²) in [6.07, 6.45) is 9.94. The fourth-order valence-corrected chi connectivity index (χ4v) is 6.61. The van der Waals surface area contributed by atoms with Gasteiger partial charge in [0.2, 0.25) is 5.95 Å². The van der Waals surface area contributed by atoms with Crippen molar-refractivity contribution in [1.82, 2.24) is 14.9 Å². The lowest BCUT2D eigenvalue weighted by atomic mass is 9.68. The minimum absolute atomic E-state index is 0.0367. The number of nitrogens with two attached hydrogens (primary N) is 1. The van der Waals surface area contributed by atoms with E-state index in [9.17, 15) is 0 Å². The zero-order chi connectivity index (χ0) is 25.8. The fourth-order valence-electron chi connectivity index (χ4n) is 6.61. The van der Waals surface area contributed by atoms with Gasteiger partial charge in [-0.05, 0) is 56.7 Å². The minimum atomic E-state index is -0.0367. The Morgan fingerprint density at radius 1 is 1.03 bits per heavy atom. The molecule has 0 unspecified atom stereocenters. The van der Waals surface area contributed by atoms with Gasteiger partial charge in [0.15, 0.2) is 11.5 Å². The lowest BCUT2D eigenvalue weighted by molar-refractivity contribution is 0.127. The Balaban J connectivity index is 1.54. The second-order valence-electron chi connectivity index (χ2n) is 10.8. The molecular weight excluding hydrogens is 462 g/mol. The molecule has 3 aromatic rings. The van der Waals surface area contributed by atoms with E-state index in [4.69, 9.17) is 20.2 Å². The van der Waals surface area contributed by atoms with Crippen molar-refractivity contribution in [3.8, 4) is 11.5 Å². The van der Waals surface area contributed by atoms with Gasteiger partial charge in [-0.25, -0.2) is 4.98 Å². The molecule has 1 saturated heterocycles. The number of likely N-dealkylation sites (tertiary alicyclic amines) is 1. The zero-order valence-electron chi connectivity index (χ0n) is 22.6. The first-order chi connectivity index (χ1) is 18.1. The van der Waals surface area contributed by atoms with Crippen molar-refractivity contribution < 1.29 is 9.47 Å². The molecule has 7 heteroatoms. The molecule has 1 saturated carbocycles. The first-order valence-corrected chi connectivity index (χ1v) is 13.7. The quantitative estimate of drug-likeness (QED) is 0.424. The molecule has 1 aliphatic heterocycles. The first kappa shape index (κ1) is 25.6. The highest BCUT2D eigenvalue weighted by atomic mass is 16.5. The van der Waals surface area contributed by atoms with Gasteiger partial charge >= 0.3 is 0 Å². The van der Waals surface area contributed by atoms with Crippen LogP contribution >= 0.6 is 0 Å². The van der Waals surface area contributed by atoms with Gasteiger partial charge in [-0.1, -0.05) is 49.6 Å². The van der Waals surface area contributed by atoms with E-state index in [1.807, 2.05) is 6.07 Å². The normalized spacial score (nSPS) is 18.6. The number of anilines is 2. The molecule has 0 spiro atoms. The summed E-state index contributed by atoms with van der Waals surface area (Å²) in [4.78, 5) is 11.9. The number of benzene rings is 2. The minimum Gasteiger partial charge on any atom is -0.493 e. The van der Waals surface area contributed by atoms with Crippen LogP contribution < -0.4 is 20.5 Å². The predicted octanol–water partition coefficient (Wildman–Crippen LogP) is 5.43. The number of rotatable bonds is 8. The second-order valence-corrected chi connectivity index (χ2v) is 10.8. The number of hydrogen-bond donors (Lipinski definition) is 2. The number of fused-ring (bicyclic) bond motifs is 1. The molecule has 5 rings (SSSR count). The summed E-state index contributed by atoms with van der Waals surface area (Å²) < 4.78 is 11.7. The second kappa shape index (κ2) is 11.1. The number of nitrogens with zero attached hydrogens (tertiary/aromatic N) is 3. The fraction of sp³-hybridized carbons (Fsp3) is 0.533. The molecule has 0 radical (unpaired) electrons. The molecule has 2 aliphatic rings. The van der Waals surface area contributed by atoms with Gasteiger partial charge in [0.1, 0.15) is 5.82 Å². The average molecular weight is 504 g/mol. The van der Waals surface area contributed by atoms with Crippen molar-refractivity contribution in [3.05, 3.63) is 47.5 Å². The maximum Gasteiger partial charge on any atom is 0.224 e. The number of nitrogens with one attached hydrogen (secondary N) is 1. The Labute approximate surface area is 220 Å². The van der Waals surface area contributed by atoms with Gasteiger partial charge in [0.25, 0.3) is 0 Å². The Morgan fingerprint density at radius 3 is 2.41 bits per heavy atom. The molecule has 7 nitrogen and oxygen atoms in total. The lowest BCUT2D eigenvalue weighted by Gasteiger charge is -2.44. The van der Waals surface area contributed by atoms with Crippen LogP contribution in [0.4, 0.5) is 11.8 Å². The van der Waals surface area contributed by atoms with Crippen molar-refractivity contribution in [2.45, 2.75) is 56.8 Å². The van der Waals surface area contributed by atoms with E-state index in [-0.39, 0.29) is 5.41 Å². The van der Waals surface area contributed by atoms with Crippen LogP contribution in [0, 0.1) is 5.92 Å². The Kier molecular flexibility index (Phi) is 7.70. The molecule has 0 atom stereocenters. The van der Waals surface area contributed by atoms with Crippen molar-refractivity contribution in [2.75, 3.05) is 52.0 Å². The van der Waals surface area contributed by atoms with Gasteiger partial charge in [-0.2, -0.15) is 4.98 Å². The van der Waals surface area contributed by atoms with Crippen LogP contribution in [0.2, 0.25) is 0 Å². The number of piperidine rings is 1. The molecule has 3 N–H and O–H groups in total. The highest BCUT2D eigenvalue weighted by molar-refractivity contribution is 5.95. The van der Waals surface area contributed by atoms with Gasteiger partial charge in [-0.15, -0.1) is 0 Å². The standard InChI is InChI=1S/C30H41N5O2/c1-32-29-33-24-18-25(36-2)27(37-3)23(26(24)28(31)34-29)19-30(22-12-8-5-9-13-22)14-16-35(17-15-30)20-21-10-6-4-7-11-21/h5,8-9,12-13,18,21H,4,6-7,10-11,14-17,19-20H2,1-3H3,(H3,31,32,33,34). The summed E-state index contributed by atoms with van der Waals surface area (Å²) in [5.41, 5.74) is 9.70. The Bertz CT molecular complexity index is 1200. The van der Waals surface area contributed by atoms with E-state index in [2.05, 4.69) is 45.5 Å². The summed E-state index contributed by atoms with van der Waals surface area (Å²) >= 11 is 0. The van der Waals surface area contributed by atoms with E-state index in [1.54, 1.807) is 21.3 Å². The van der Waals surface area contributed by atoms with Gasteiger partial charge in [0.05, 0.1) is 19.7 Å². The van der Waals surface area contributed by atoms with Gasteiger partial charge in [0, 0.05) is 36.0 Å². The zero-order valence-corrected chi connectivity index (χ0v) is 22.6. The third kappa shape index (κ3) is 5.19. The monoisotopic (exact) mass is 503 g/mol. The van der Waals surface area contributed by atoms with E-state index >= 15 is 0 Å². The van der Waals surface area contributed by atoms with Crippen molar-refractivity contribution >= 4 is 22.7 Å². The molecule has 2 aromatic carbocycles. The summed E-state index contributed by atoms with van der Waals surface area (Å²) in [7, 11) is 5.18. The topological polar surface area (TPSA) is 85.5 Å². The lowest BCUT2D eigenvalue weighted by Crippen LogP contribution is -2.45. The number of aromatic nitrogens is 2. The van der Waals surface area contributed by atoms with E-state index in [0.29, 0.717) is 17.5 Å². The van der Waals surface area contributed by atoms with Crippen molar-refractivity contribution in [2.24, 2.45) is 5.92 Å². The SMILES string of the molecule is CNc1nc(N)c2c(CC3(c4ccccc4)CCN(CC4CCCCC4)CC3)c(OC)c(OC)cc2n1. The third-order valence-corrected chi connectivity index (χ3v) is 8.64. The predicted molar refractivity (Wildman–Crippen MR) is 151 cm³/mol. The largest absolute Gasteiger partial charge is 0.493 e. The summed E-state index contributed by atoms with van der Waals surface area (Å²) in [6, 6.07) is 12.9. The summed E-state index contributed by atoms with van der Waals surface area (Å²) in [6.45, 7) is 3.45. The molecule has 1 aliphatic carbocycles. The molecule has 2 fully saturated rings. The number of nitrogen functional groups attached to an aromatic ring is 1. The van der Waals surface area contributed by atoms with Crippen LogP contribution in [0.3, 0.4) is 0 Å². The Hall–Kier alpha value is -3.06. The average Bonchev–Trinajstić information content (AvgIpc) is 2.94. The number of methoxy groups -OCH3 is 2. The smallest absolute Gasteiger partial charge is 0.224 e. The molecule has 37 heavy (non-hydrogen) atoms. The molecule has 1 aromatic heterocycles. The molecular formula is C30H41N5O2. The maximum absolute atomic E-state index is 6.57. The van der Waals surface area contributed by atoms with E-state index in [1.165, 1.54) is 44.2 Å². The van der Waals surface area contributed by atoms with Crippen LogP contribution in [-0.4, -0.2) is 55.8 Å². The van der Waals surface area contributed by atoms with Crippen LogP contribution in [0.5, 0.6) is 11.5 Å². The number of ether oxygens (including phenoxy) is 2. The van der Waals surface area contributed by atoms with Crippen LogP contribution in [0.25, 0.3) is 10.9 Å². The van der Waals surface area contributed by atoms with Crippen LogP contribution in [0.1, 0.15) is 56.1 Å². The van der Waals surface area contributed by atoms with Gasteiger partial charge < -0.3 is 25.4 Å². The van der Waals surface area contributed by atoms with Crippen molar-refractivity contribution in [1.29, 1.82) is 0 Å². The maximum atomic E-state index is 6.57. The van der Waals surface area contributed by atoms with E-state index < -0.39 is 0 Å². The Morgan fingerprint density at radius 2 is 1.76 bits per heavy atom. The molecule has 2 heterocycles. The highest BCUT2D eigenvalue weighted by Gasteiger charge is 2.39. The summed E-state index contributed by atoms with van der Waals surface area (Å²) in [5, 5.41) is 3.88. The molecule has 198 valence electrons. The molecule has 0 bridgehead atoms.